The van der Waals surface area contributed by atoms with Gasteiger partial charge in [-0.25, -0.2) is 4.98 Å². The normalized spacial score (nSPS) is 10.5. The molecular weight excluding hydrogens is 432 g/mol. The van der Waals surface area contributed by atoms with E-state index in [0.717, 1.165) is 21.3 Å². The Balaban J connectivity index is 1.61. The van der Waals surface area contributed by atoms with Crippen molar-refractivity contribution in [3.8, 4) is 0 Å². The number of amides is 3. The van der Waals surface area contributed by atoms with E-state index >= 15 is 0 Å². The number of carbonyl (C=O) groups excluding carboxylic acids is 3. The maximum atomic E-state index is 12.7. The second-order valence-electron chi connectivity index (χ2n) is 6.64. The molecule has 4 N–H and O–H groups in total. The molecular formula is C22H22N4O3S2. The molecule has 1 heterocycles. The molecule has 0 aliphatic heterocycles. The molecule has 3 aromatic rings. The maximum absolute atomic E-state index is 12.7. The third-order valence-electron chi connectivity index (χ3n) is 4.25. The Morgan fingerprint density at radius 2 is 1.81 bits per heavy atom. The smallest absolute Gasteiger partial charge is 0.255 e. The highest BCUT2D eigenvalue weighted by Crippen LogP contribution is 2.24. The number of hydrogen-bond acceptors (Lipinski definition) is 6. The molecule has 3 rings (SSSR count). The van der Waals surface area contributed by atoms with E-state index < -0.39 is 5.91 Å². The summed E-state index contributed by atoms with van der Waals surface area (Å²) in [5, 5.41) is 8.50. The van der Waals surface area contributed by atoms with Gasteiger partial charge in [0.1, 0.15) is 0 Å². The van der Waals surface area contributed by atoms with Crippen LogP contribution in [0, 0.1) is 6.92 Å². The molecule has 31 heavy (non-hydrogen) atoms. The van der Waals surface area contributed by atoms with Crippen molar-refractivity contribution in [1.82, 2.24) is 10.3 Å². The Bertz CT molecular complexity index is 1080. The van der Waals surface area contributed by atoms with Crippen LogP contribution < -0.4 is 16.4 Å². The van der Waals surface area contributed by atoms with Crippen LogP contribution in [0.2, 0.25) is 0 Å². The third kappa shape index (κ3) is 6.66. The van der Waals surface area contributed by atoms with Crippen molar-refractivity contribution in [3.05, 3.63) is 75.7 Å². The summed E-state index contributed by atoms with van der Waals surface area (Å²) in [4.78, 5) is 41.4. The number of aromatic nitrogens is 1. The number of thiazole rings is 1. The molecule has 0 saturated carbocycles. The molecule has 160 valence electrons. The lowest BCUT2D eigenvalue weighted by Crippen LogP contribution is -2.28. The first-order valence-corrected chi connectivity index (χ1v) is 11.4. The number of carbonyl (C=O) groups is 3. The molecule has 9 heteroatoms. The number of anilines is 1. The number of rotatable bonds is 9. The van der Waals surface area contributed by atoms with Gasteiger partial charge in [0.15, 0.2) is 0 Å². The third-order valence-corrected chi connectivity index (χ3v) is 6.11. The van der Waals surface area contributed by atoms with Crippen LogP contribution in [0.4, 0.5) is 5.69 Å². The van der Waals surface area contributed by atoms with Crippen LogP contribution >= 0.6 is 23.1 Å². The predicted octanol–water partition coefficient (Wildman–Crippen LogP) is 3.60. The van der Waals surface area contributed by atoms with E-state index in [9.17, 15) is 14.4 Å². The van der Waals surface area contributed by atoms with Crippen molar-refractivity contribution >= 4 is 46.5 Å². The summed E-state index contributed by atoms with van der Waals surface area (Å²) in [6.07, 6.45) is 0.0483. The molecule has 0 unspecified atom stereocenters. The molecule has 0 aliphatic carbocycles. The SMILES string of the molecule is Cc1nc(CSc2ccc(C(=O)Nc3ccccc3C(=O)NCCC(N)=O)cc2)cs1. The highest BCUT2D eigenvalue weighted by molar-refractivity contribution is 7.98. The lowest BCUT2D eigenvalue weighted by atomic mass is 10.1. The van der Waals surface area contributed by atoms with Gasteiger partial charge in [0, 0.05) is 34.6 Å². The van der Waals surface area contributed by atoms with Crippen LogP contribution in [0.1, 0.15) is 37.8 Å². The summed E-state index contributed by atoms with van der Waals surface area (Å²) in [7, 11) is 0. The molecule has 7 nitrogen and oxygen atoms in total. The van der Waals surface area contributed by atoms with E-state index in [1.807, 2.05) is 24.4 Å². The number of nitrogens with zero attached hydrogens (tertiary/aromatic N) is 1. The standard InChI is InChI=1S/C22H22N4O3S2/c1-14-25-16(12-30-14)13-31-17-8-6-15(7-9-17)21(28)26-19-5-3-2-4-18(19)22(29)24-11-10-20(23)27/h2-9,12H,10-11,13H2,1H3,(H2,23,27)(H,24,29)(H,26,28). The Morgan fingerprint density at radius 1 is 1.06 bits per heavy atom. The highest BCUT2D eigenvalue weighted by Gasteiger charge is 2.14. The van der Waals surface area contributed by atoms with E-state index in [1.165, 1.54) is 0 Å². The summed E-state index contributed by atoms with van der Waals surface area (Å²) >= 11 is 3.28. The Morgan fingerprint density at radius 3 is 2.48 bits per heavy atom. The Labute approximate surface area is 188 Å². The zero-order valence-electron chi connectivity index (χ0n) is 16.9. The number of aryl methyl sites for hydroxylation is 1. The van der Waals surface area contributed by atoms with Crippen LogP contribution in [0.3, 0.4) is 0 Å². The van der Waals surface area contributed by atoms with Crippen LogP contribution in [-0.2, 0) is 10.5 Å². The van der Waals surface area contributed by atoms with Gasteiger partial charge < -0.3 is 16.4 Å². The van der Waals surface area contributed by atoms with Crippen molar-refractivity contribution in [2.75, 3.05) is 11.9 Å². The van der Waals surface area contributed by atoms with Crippen LogP contribution in [-0.4, -0.2) is 29.3 Å². The average Bonchev–Trinajstić information content (AvgIpc) is 3.17. The minimum atomic E-state index is -0.495. The molecule has 1 aromatic heterocycles. The van der Waals surface area contributed by atoms with E-state index in [-0.39, 0.29) is 24.8 Å². The van der Waals surface area contributed by atoms with Gasteiger partial charge in [-0.1, -0.05) is 12.1 Å². The quantitative estimate of drug-likeness (QED) is 0.428. The van der Waals surface area contributed by atoms with Crippen molar-refractivity contribution < 1.29 is 14.4 Å². The van der Waals surface area contributed by atoms with Crippen molar-refractivity contribution in [2.45, 2.75) is 24.0 Å². The van der Waals surface area contributed by atoms with Gasteiger partial charge in [0.05, 0.1) is 22.0 Å². The molecule has 0 saturated heterocycles. The minimum absolute atomic E-state index is 0.0483. The van der Waals surface area contributed by atoms with Gasteiger partial charge in [0.2, 0.25) is 5.91 Å². The van der Waals surface area contributed by atoms with E-state index in [4.69, 9.17) is 5.73 Å². The summed E-state index contributed by atoms with van der Waals surface area (Å²) in [5.74, 6) is -0.427. The first kappa shape index (κ1) is 22.5. The lowest BCUT2D eigenvalue weighted by molar-refractivity contribution is -0.117. The number of primary amides is 1. The fourth-order valence-corrected chi connectivity index (χ4v) is 4.22. The van der Waals surface area contributed by atoms with Gasteiger partial charge in [-0.05, 0) is 43.3 Å². The zero-order chi connectivity index (χ0) is 22.2. The van der Waals surface area contributed by atoms with Crippen LogP contribution in [0.5, 0.6) is 0 Å². The predicted molar refractivity (Wildman–Crippen MR) is 123 cm³/mol. The number of nitrogens with two attached hydrogens (primary N) is 1. The number of thioether (sulfide) groups is 1. The molecule has 0 radical (unpaired) electrons. The fraction of sp³-hybridized carbons (Fsp3) is 0.182. The summed E-state index contributed by atoms with van der Waals surface area (Å²) in [6.45, 7) is 2.12. The van der Waals surface area contributed by atoms with Gasteiger partial charge in [-0.3, -0.25) is 14.4 Å². The molecule has 0 atom stereocenters. The van der Waals surface area contributed by atoms with Crippen molar-refractivity contribution in [3.63, 3.8) is 0 Å². The number of nitrogens with one attached hydrogen (secondary N) is 2. The topological polar surface area (TPSA) is 114 Å². The lowest BCUT2D eigenvalue weighted by Gasteiger charge is -2.11. The van der Waals surface area contributed by atoms with E-state index in [0.29, 0.717) is 16.8 Å². The number of para-hydroxylation sites is 1. The zero-order valence-corrected chi connectivity index (χ0v) is 18.5. The Kier molecular flexibility index (Phi) is 7.80. The van der Waals surface area contributed by atoms with Gasteiger partial charge >= 0.3 is 0 Å². The number of hydrogen-bond donors (Lipinski definition) is 3. The van der Waals surface area contributed by atoms with Gasteiger partial charge in [-0.2, -0.15) is 0 Å². The maximum Gasteiger partial charge on any atom is 0.255 e. The number of benzene rings is 2. The molecule has 0 fully saturated rings. The monoisotopic (exact) mass is 454 g/mol. The average molecular weight is 455 g/mol. The first-order chi connectivity index (χ1) is 14.9. The second-order valence-corrected chi connectivity index (χ2v) is 8.75. The molecule has 2 aromatic carbocycles. The van der Waals surface area contributed by atoms with E-state index in [2.05, 4.69) is 15.6 Å². The summed E-state index contributed by atoms with van der Waals surface area (Å²) in [5.41, 5.74) is 7.31. The summed E-state index contributed by atoms with van der Waals surface area (Å²) < 4.78 is 0. The fourth-order valence-electron chi connectivity index (χ4n) is 2.71. The molecule has 0 bridgehead atoms. The van der Waals surface area contributed by atoms with Crippen molar-refractivity contribution in [2.24, 2.45) is 5.73 Å². The first-order valence-electron chi connectivity index (χ1n) is 9.53. The van der Waals surface area contributed by atoms with Crippen molar-refractivity contribution in [1.29, 1.82) is 0 Å². The van der Waals surface area contributed by atoms with Gasteiger partial charge in [0.25, 0.3) is 11.8 Å². The molecule has 0 spiro atoms. The van der Waals surface area contributed by atoms with Crippen LogP contribution in [0.15, 0.2) is 58.8 Å². The van der Waals surface area contributed by atoms with Crippen LogP contribution in [0.25, 0.3) is 0 Å². The minimum Gasteiger partial charge on any atom is -0.370 e. The Hall–Kier alpha value is -3.17. The van der Waals surface area contributed by atoms with Gasteiger partial charge in [-0.15, -0.1) is 23.1 Å². The van der Waals surface area contributed by atoms with E-state index in [1.54, 1.807) is 59.5 Å². The summed E-state index contributed by atoms with van der Waals surface area (Å²) in [6, 6.07) is 14.0. The largest absolute Gasteiger partial charge is 0.370 e. The highest BCUT2D eigenvalue weighted by atomic mass is 32.2. The second kappa shape index (κ2) is 10.7. The molecule has 0 aliphatic rings. The molecule has 3 amide bonds.